The van der Waals surface area contributed by atoms with E-state index in [1.54, 1.807) is 21.8 Å². The van der Waals surface area contributed by atoms with Crippen LogP contribution in [0.15, 0.2) is 34.5 Å². The maximum absolute atomic E-state index is 13.1. The molecule has 0 atom stereocenters. The van der Waals surface area contributed by atoms with Crippen LogP contribution in [0, 0.1) is 5.92 Å². The molecule has 0 bridgehead atoms. The van der Waals surface area contributed by atoms with Crippen LogP contribution in [0.4, 0.5) is 4.79 Å². The number of carbonyl (C=O) groups excluding carboxylic acids is 1. The lowest BCUT2D eigenvalue weighted by Crippen LogP contribution is -2.37. The van der Waals surface area contributed by atoms with Gasteiger partial charge in [0.25, 0.3) is 0 Å². The summed E-state index contributed by atoms with van der Waals surface area (Å²) in [7, 11) is -3.52. The van der Waals surface area contributed by atoms with Crippen LogP contribution in [0.3, 0.4) is 0 Å². The molecule has 0 unspecified atom stereocenters. The summed E-state index contributed by atoms with van der Waals surface area (Å²) in [6.45, 7) is 7.89. The molecule has 1 aliphatic carbocycles. The number of thiazole rings is 1. The molecule has 192 valence electrons. The van der Waals surface area contributed by atoms with Gasteiger partial charge in [-0.15, -0.1) is 11.3 Å². The summed E-state index contributed by atoms with van der Waals surface area (Å²) < 4.78 is 33.2. The first kappa shape index (κ1) is 26.1. The second-order valence-electron chi connectivity index (χ2n) is 10.8. The highest BCUT2D eigenvalue weighted by molar-refractivity contribution is 7.89. The lowest BCUT2D eigenvalue weighted by Gasteiger charge is -2.30. The summed E-state index contributed by atoms with van der Waals surface area (Å²) in [4.78, 5) is 17.0. The van der Waals surface area contributed by atoms with Gasteiger partial charge < -0.3 is 10.1 Å². The maximum Gasteiger partial charge on any atom is 0.413 e. The molecule has 1 amide bonds. The van der Waals surface area contributed by atoms with Gasteiger partial charge in [-0.25, -0.2) is 18.2 Å². The van der Waals surface area contributed by atoms with Crippen molar-refractivity contribution in [2.24, 2.45) is 5.92 Å². The van der Waals surface area contributed by atoms with Crippen molar-refractivity contribution < 1.29 is 17.9 Å². The van der Waals surface area contributed by atoms with E-state index >= 15 is 0 Å². The van der Waals surface area contributed by atoms with E-state index in [-0.39, 0.29) is 11.3 Å². The minimum Gasteiger partial charge on any atom is -0.390 e. The van der Waals surface area contributed by atoms with Crippen LogP contribution in [0.2, 0.25) is 0 Å². The number of benzene rings is 1. The standard InChI is InChI=1S/C26H37N3O4S2/c1-26(2,3)21-9-11-22(12-10-21)35(31,32)29-15-13-20(14-16-29)24-28-23(18-34-24)33-25(30)27-17-19-7-5-4-6-8-19/h9-12,18-20H,4-8,13-17H2,1-3H3,(H,27,30). The molecule has 0 radical (unpaired) electrons. The highest BCUT2D eigenvalue weighted by Gasteiger charge is 2.31. The van der Waals surface area contributed by atoms with Crippen molar-refractivity contribution in [1.29, 1.82) is 0 Å². The zero-order chi connectivity index (χ0) is 25.1. The van der Waals surface area contributed by atoms with Crippen LogP contribution in [0.25, 0.3) is 0 Å². The van der Waals surface area contributed by atoms with Crippen molar-refractivity contribution in [3.05, 3.63) is 40.2 Å². The average Bonchev–Trinajstić information content (AvgIpc) is 3.31. The first-order valence-electron chi connectivity index (χ1n) is 12.6. The molecule has 4 rings (SSSR count). The zero-order valence-corrected chi connectivity index (χ0v) is 22.6. The second-order valence-corrected chi connectivity index (χ2v) is 13.6. The van der Waals surface area contributed by atoms with Gasteiger partial charge in [-0.2, -0.15) is 4.31 Å². The van der Waals surface area contributed by atoms with E-state index in [0.29, 0.717) is 49.2 Å². The van der Waals surface area contributed by atoms with E-state index in [1.807, 2.05) is 12.1 Å². The number of nitrogens with one attached hydrogen (secondary N) is 1. The van der Waals surface area contributed by atoms with E-state index in [2.05, 4.69) is 31.1 Å². The molecule has 2 aliphatic rings. The van der Waals surface area contributed by atoms with E-state index < -0.39 is 16.1 Å². The number of hydrogen-bond acceptors (Lipinski definition) is 6. The lowest BCUT2D eigenvalue weighted by molar-refractivity contribution is 0.194. The van der Waals surface area contributed by atoms with Gasteiger partial charge in [-0.1, -0.05) is 52.2 Å². The summed E-state index contributed by atoms with van der Waals surface area (Å²) in [5.41, 5.74) is 1.09. The van der Waals surface area contributed by atoms with Crippen molar-refractivity contribution >= 4 is 27.5 Å². The summed E-state index contributed by atoms with van der Waals surface area (Å²) in [5.74, 6) is 1.03. The van der Waals surface area contributed by atoms with Crippen LogP contribution >= 0.6 is 11.3 Å². The lowest BCUT2D eigenvalue weighted by atomic mass is 9.87. The third-order valence-corrected chi connectivity index (χ3v) is 10.0. The predicted octanol–water partition coefficient (Wildman–Crippen LogP) is 5.68. The first-order chi connectivity index (χ1) is 16.6. The van der Waals surface area contributed by atoms with E-state index in [4.69, 9.17) is 4.74 Å². The molecule has 2 aromatic rings. The Kier molecular flexibility index (Phi) is 8.18. The number of hydrogen-bond donors (Lipinski definition) is 1. The molecule has 9 heteroatoms. The van der Waals surface area contributed by atoms with Crippen molar-refractivity contribution in [3.63, 3.8) is 0 Å². The van der Waals surface area contributed by atoms with Crippen LogP contribution in [-0.4, -0.2) is 43.4 Å². The molecule has 1 saturated carbocycles. The molecule has 1 aliphatic heterocycles. The third-order valence-electron chi connectivity index (χ3n) is 7.12. The number of sulfonamides is 1. The van der Waals surface area contributed by atoms with Crippen molar-refractivity contribution in [2.45, 2.75) is 81.9 Å². The van der Waals surface area contributed by atoms with Crippen molar-refractivity contribution in [1.82, 2.24) is 14.6 Å². The summed E-state index contributed by atoms with van der Waals surface area (Å²) >= 11 is 1.47. The number of rotatable bonds is 6. The van der Waals surface area contributed by atoms with Gasteiger partial charge in [0.15, 0.2) is 0 Å². The number of carbonyl (C=O) groups is 1. The number of ether oxygens (including phenoxy) is 1. The Labute approximate surface area is 213 Å². The smallest absolute Gasteiger partial charge is 0.390 e. The third kappa shape index (κ3) is 6.62. The Morgan fingerprint density at radius 3 is 2.37 bits per heavy atom. The van der Waals surface area contributed by atoms with E-state index in [9.17, 15) is 13.2 Å². The van der Waals surface area contributed by atoms with Crippen LogP contribution in [0.1, 0.15) is 82.2 Å². The minimum atomic E-state index is -3.52. The van der Waals surface area contributed by atoms with Crippen LogP contribution < -0.4 is 10.1 Å². The van der Waals surface area contributed by atoms with Crippen molar-refractivity contribution in [2.75, 3.05) is 19.6 Å². The van der Waals surface area contributed by atoms with Crippen LogP contribution in [-0.2, 0) is 15.4 Å². The van der Waals surface area contributed by atoms with Gasteiger partial charge in [0.1, 0.15) is 0 Å². The first-order valence-corrected chi connectivity index (χ1v) is 15.0. The topological polar surface area (TPSA) is 88.6 Å². The second kappa shape index (κ2) is 11.0. The number of aromatic nitrogens is 1. The molecule has 1 N–H and O–H groups in total. The number of nitrogens with zero attached hydrogens (tertiary/aromatic N) is 2. The molecule has 1 aromatic heterocycles. The quantitative estimate of drug-likeness (QED) is 0.531. The normalized spacial score (nSPS) is 18.9. The monoisotopic (exact) mass is 519 g/mol. The highest BCUT2D eigenvalue weighted by atomic mass is 32.2. The zero-order valence-electron chi connectivity index (χ0n) is 21.0. The van der Waals surface area contributed by atoms with E-state index in [0.717, 1.165) is 23.4 Å². The fourth-order valence-electron chi connectivity index (χ4n) is 4.88. The Balaban J connectivity index is 1.28. The van der Waals surface area contributed by atoms with Gasteiger partial charge >= 0.3 is 6.09 Å². The molecule has 1 saturated heterocycles. The minimum absolute atomic E-state index is 0.0209. The fraction of sp³-hybridized carbons (Fsp3) is 0.615. The Morgan fingerprint density at radius 2 is 1.74 bits per heavy atom. The molecule has 2 fully saturated rings. The van der Waals surface area contributed by atoms with Gasteiger partial charge in [0.2, 0.25) is 15.9 Å². The Morgan fingerprint density at radius 1 is 1.09 bits per heavy atom. The van der Waals surface area contributed by atoms with Crippen molar-refractivity contribution in [3.8, 4) is 5.88 Å². The fourth-order valence-corrected chi connectivity index (χ4v) is 7.24. The number of piperidine rings is 1. The molecule has 2 heterocycles. The SMILES string of the molecule is CC(C)(C)c1ccc(S(=O)(=O)N2CCC(c3nc(OC(=O)NCC4CCCCC4)cs3)CC2)cc1. The molecule has 35 heavy (non-hydrogen) atoms. The maximum atomic E-state index is 13.1. The summed E-state index contributed by atoms with van der Waals surface area (Å²) in [6, 6.07) is 7.24. The molecular weight excluding hydrogens is 482 g/mol. The largest absolute Gasteiger partial charge is 0.413 e. The van der Waals surface area contributed by atoms with E-state index in [1.165, 1.54) is 30.6 Å². The predicted molar refractivity (Wildman–Crippen MR) is 139 cm³/mol. The van der Waals surface area contributed by atoms with Gasteiger partial charge in [0.05, 0.1) is 15.3 Å². The van der Waals surface area contributed by atoms with Crippen LogP contribution in [0.5, 0.6) is 5.88 Å². The van der Waals surface area contributed by atoms with Gasteiger partial charge in [0, 0.05) is 25.6 Å². The Hall–Kier alpha value is -1.97. The molecular formula is C26H37N3O4S2. The van der Waals surface area contributed by atoms with Gasteiger partial charge in [-0.3, -0.25) is 0 Å². The highest BCUT2D eigenvalue weighted by Crippen LogP contribution is 2.34. The van der Waals surface area contributed by atoms with Gasteiger partial charge in [-0.05, 0) is 54.7 Å². The Bertz CT molecular complexity index is 1090. The molecule has 1 aromatic carbocycles. The average molecular weight is 520 g/mol. The summed E-state index contributed by atoms with van der Waals surface area (Å²) in [5, 5.41) is 5.52. The molecule has 0 spiro atoms. The molecule has 7 nitrogen and oxygen atoms in total. The number of amides is 1. The summed E-state index contributed by atoms with van der Waals surface area (Å²) in [6.07, 6.45) is 7.03.